The van der Waals surface area contributed by atoms with Gasteiger partial charge in [0.05, 0.1) is 18.1 Å². The third-order valence-corrected chi connectivity index (χ3v) is 6.00. The van der Waals surface area contributed by atoms with Crippen molar-refractivity contribution in [2.45, 2.75) is 32.2 Å². The van der Waals surface area contributed by atoms with Crippen LogP contribution in [0, 0.1) is 5.92 Å². The lowest BCUT2D eigenvalue weighted by Crippen LogP contribution is -2.46. The first kappa shape index (κ1) is 14.8. The Balaban J connectivity index is 1.86. The Morgan fingerprint density at radius 1 is 1.37 bits per heavy atom. The van der Waals surface area contributed by atoms with E-state index in [4.69, 9.17) is 0 Å². The van der Waals surface area contributed by atoms with E-state index in [2.05, 4.69) is 11.8 Å². The van der Waals surface area contributed by atoms with Gasteiger partial charge in [-0.05, 0) is 31.7 Å². The molecule has 0 aromatic heterocycles. The number of hydrogen-bond acceptors (Lipinski definition) is 4. The van der Waals surface area contributed by atoms with Crippen LogP contribution >= 0.6 is 0 Å². The van der Waals surface area contributed by atoms with Gasteiger partial charge in [-0.1, -0.05) is 6.92 Å². The van der Waals surface area contributed by atoms with Crippen molar-refractivity contribution in [1.29, 1.82) is 0 Å². The van der Waals surface area contributed by atoms with Crippen molar-refractivity contribution >= 4 is 15.7 Å². The van der Waals surface area contributed by atoms with Crippen LogP contribution in [0.5, 0.6) is 0 Å². The zero-order chi connectivity index (χ0) is 14.0. The van der Waals surface area contributed by atoms with Crippen molar-refractivity contribution in [1.82, 2.24) is 9.80 Å². The molecule has 0 N–H and O–H groups in total. The van der Waals surface area contributed by atoms with E-state index in [9.17, 15) is 13.2 Å². The van der Waals surface area contributed by atoms with Crippen LogP contribution in [-0.2, 0) is 14.6 Å². The lowest BCUT2D eigenvalue weighted by atomic mass is 10.0. The number of carbonyl (C=O) groups is 1. The van der Waals surface area contributed by atoms with Crippen molar-refractivity contribution in [3.63, 3.8) is 0 Å². The summed E-state index contributed by atoms with van der Waals surface area (Å²) in [5.74, 6) is 1.05. The summed E-state index contributed by atoms with van der Waals surface area (Å²) in [6.45, 7) is 4.59. The molecule has 0 aliphatic carbocycles. The summed E-state index contributed by atoms with van der Waals surface area (Å²) in [6.07, 6.45) is 2.97. The largest absolute Gasteiger partial charge is 0.341 e. The van der Waals surface area contributed by atoms with Crippen LogP contribution in [0.1, 0.15) is 26.2 Å². The quantitative estimate of drug-likeness (QED) is 0.752. The van der Waals surface area contributed by atoms with Gasteiger partial charge in [-0.15, -0.1) is 0 Å². The van der Waals surface area contributed by atoms with Crippen LogP contribution in [0.2, 0.25) is 0 Å². The molecule has 2 aliphatic heterocycles. The Hall–Kier alpha value is -0.620. The molecule has 2 saturated heterocycles. The highest BCUT2D eigenvalue weighted by Crippen LogP contribution is 2.18. The van der Waals surface area contributed by atoms with Crippen molar-refractivity contribution in [3.05, 3.63) is 0 Å². The number of nitrogens with zero attached hydrogens (tertiary/aromatic N) is 2. The predicted molar refractivity (Wildman–Crippen MR) is 74.7 cm³/mol. The maximum absolute atomic E-state index is 12.2. The van der Waals surface area contributed by atoms with Crippen LogP contribution in [-0.4, -0.2) is 68.4 Å². The molecule has 19 heavy (non-hydrogen) atoms. The number of rotatable bonds is 3. The summed E-state index contributed by atoms with van der Waals surface area (Å²) in [5, 5.41) is 0. The highest BCUT2D eigenvalue weighted by molar-refractivity contribution is 7.91. The Bertz CT molecular complexity index is 435. The summed E-state index contributed by atoms with van der Waals surface area (Å²) >= 11 is 0. The number of carbonyl (C=O) groups excluding carboxylic acids is 1. The number of sulfone groups is 1. The van der Waals surface area contributed by atoms with Gasteiger partial charge in [0.1, 0.15) is 0 Å². The number of hydrogen-bond donors (Lipinski definition) is 0. The first-order valence-corrected chi connectivity index (χ1v) is 8.88. The van der Waals surface area contributed by atoms with Crippen LogP contribution in [0.3, 0.4) is 0 Å². The number of likely N-dealkylation sites (tertiary alicyclic amines) is 1. The lowest BCUT2D eigenvalue weighted by Gasteiger charge is -2.32. The fourth-order valence-corrected chi connectivity index (χ4v) is 4.79. The van der Waals surface area contributed by atoms with E-state index in [1.54, 1.807) is 11.9 Å². The van der Waals surface area contributed by atoms with Gasteiger partial charge in [0.2, 0.25) is 5.91 Å². The van der Waals surface area contributed by atoms with Gasteiger partial charge in [-0.25, -0.2) is 8.42 Å². The minimum atomic E-state index is -2.92. The maximum Gasteiger partial charge on any atom is 0.236 e. The highest BCUT2D eigenvalue weighted by Gasteiger charge is 2.33. The van der Waals surface area contributed by atoms with Crippen LogP contribution < -0.4 is 0 Å². The maximum atomic E-state index is 12.2. The van der Waals surface area contributed by atoms with Crippen molar-refractivity contribution in [2.24, 2.45) is 5.92 Å². The fourth-order valence-electron chi connectivity index (χ4n) is 3.02. The molecule has 0 bridgehead atoms. The molecule has 6 heteroatoms. The van der Waals surface area contributed by atoms with Crippen LogP contribution in [0.15, 0.2) is 0 Å². The first-order chi connectivity index (χ1) is 8.87. The molecule has 0 aromatic rings. The zero-order valence-electron chi connectivity index (χ0n) is 11.8. The molecule has 0 spiro atoms. The van der Waals surface area contributed by atoms with Gasteiger partial charge < -0.3 is 4.90 Å². The molecular weight excluding hydrogens is 264 g/mol. The number of amides is 1. The molecule has 0 radical (unpaired) electrons. The third kappa shape index (κ3) is 3.92. The fraction of sp³-hybridized carbons (Fsp3) is 0.923. The SMILES string of the molecule is CC1CCCN(CC(=O)N(C)C2CCS(=O)(=O)C2)C1. The average Bonchev–Trinajstić information content (AvgIpc) is 2.68. The van der Waals surface area contributed by atoms with Gasteiger partial charge in [-0.2, -0.15) is 0 Å². The monoisotopic (exact) mass is 288 g/mol. The Labute approximate surface area is 115 Å². The Morgan fingerprint density at radius 2 is 2.11 bits per heavy atom. The predicted octanol–water partition coefficient (Wildman–Crippen LogP) is 0.364. The van der Waals surface area contributed by atoms with Crippen LogP contribution in [0.4, 0.5) is 0 Å². The van der Waals surface area contributed by atoms with E-state index in [-0.39, 0.29) is 23.5 Å². The van der Waals surface area contributed by atoms with Gasteiger partial charge in [0, 0.05) is 19.6 Å². The third-order valence-electron chi connectivity index (χ3n) is 4.25. The van der Waals surface area contributed by atoms with Gasteiger partial charge >= 0.3 is 0 Å². The van der Waals surface area contributed by atoms with E-state index >= 15 is 0 Å². The van der Waals surface area contributed by atoms with E-state index in [1.807, 2.05) is 0 Å². The summed E-state index contributed by atoms with van der Waals surface area (Å²) in [5.41, 5.74) is 0. The molecule has 2 atom stereocenters. The second kappa shape index (κ2) is 5.79. The van der Waals surface area contributed by atoms with Crippen molar-refractivity contribution in [2.75, 3.05) is 38.2 Å². The summed E-state index contributed by atoms with van der Waals surface area (Å²) < 4.78 is 22.9. The molecule has 2 fully saturated rings. The standard InChI is InChI=1S/C13H24N2O3S/c1-11-4-3-6-15(8-11)9-13(16)14(2)12-5-7-19(17,18)10-12/h11-12H,3-10H2,1-2H3. The van der Waals surface area contributed by atoms with E-state index in [0.717, 1.165) is 19.5 Å². The molecule has 2 aliphatic rings. The molecule has 0 aromatic carbocycles. The highest BCUT2D eigenvalue weighted by atomic mass is 32.2. The van der Waals surface area contributed by atoms with Gasteiger partial charge in [0.15, 0.2) is 9.84 Å². The normalized spacial score (nSPS) is 31.3. The molecule has 2 rings (SSSR count). The minimum absolute atomic E-state index is 0.0520. The summed E-state index contributed by atoms with van der Waals surface area (Å²) in [6, 6.07) is -0.125. The minimum Gasteiger partial charge on any atom is -0.341 e. The second-order valence-corrected chi connectivity index (χ2v) is 8.27. The van der Waals surface area contributed by atoms with E-state index in [1.165, 1.54) is 6.42 Å². The number of likely N-dealkylation sites (N-methyl/N-ethyl adjacent to an activating group) is 1. The van der Waals surface area contributed by atoms with Crippen LogP contribution in [0.25, 0.3) is 0 Å². The smallest absolute Gasteiger partial charge is 0.236 e. The van der Waals surface area contributed by atoms with Crippen molar-refractivity contribution < 1.29 is 13.2 Å². The van der Waals surface area contributed by atoms with Crippen molar-refractivity contribution in [3.8, 4) is 0 Å². The van der Waals surface area contributed by atoms with E-state index in [0.29, 0.717) is 18.9 Å². The van der Waals surface area contributed by atoms with Gasteiger partial charge in [-0.3, -0.25) is 9.69 Å². The molecule has 110 valence electrons. The second-order valence-electron chi connectivity index (χ2n) is 6.04. The molecule has 0 saturated carbocycles. The van der Waals surface area contributed by atoms with E-state index < -0.39 is 9.84 Å². The lowest BCUT2D eigenvalue weighted by molar-refractivity contribution is -0.133. The Kier molecular flexibility index (Phi) is 4.50. The molecule has 2 heterocycles. The zero-order valence-corrected chi connectivity index (χ0v) is 12.7. The average molecular weight is 288 g/mol. The first-order valence-electron chi connectivity index (χ1n) is 7.06. The summed E-state index contributed by atoms with van der Waals surface area (Å²) in [4.78, 5) is 16.0. The molecule has 1 amide bonds. The molecule has 5 nitrogen and oxygen atoms in total. The summed E-state index contributed by atoms with van der Waals surface area (Å²) in [7, 11) is -1.19. The molecular formula is C13H24N2O3S. The Morgan fingerprint density at radius 3 is 2.68 bits per heavy atom. The topological polar surface area (TPSA) is 57.7 Å². The van der Waals surface area contributed by atoms with Gasteiger partial charge in [0.25, 0.3) is 0 Å². The molecule has 2 unspecified atom stereocenters. The number of piperidine rings is 1.